The molecule has 0 radical (unpaired) electrons. The minimum absolute atomic E-state index is 0.0631. The van der Waals surface area contributed by atoms with Crippen molar-refractivity contribution < 1.29 is 19.4 Å². The molecule has 2 N–H and O–H groups in total. The average molecular weight is 413 g/mol. The Kier molecular flexibility index (Phi) is 11.6. The van der Waals surface area contributed by atoms with Crippen molar-refractivity contribution in [3.63, 3.8) is 0 Å². The van der Waals surface area contributed by atoms with Crippen LogP contribution in [0.4, 0.5) is 4.39 Å². The number of aliphatic hydroxyl groups excluding tert-OH is 1. The molecule has 2 rings (SSSR count). The highest BCUT2D eigenvalue weighted by Crippen LogP contribution is 2.18. The summed E-state index contributed by atoms with van der Waals surface area (Å²) in [5.41, 5.74) is 1.08. The number of nitrogens with zero attached hydrogens (tertiary/aromatic N) is 4. The smallest absolute Gasteiger partial charge is 0.126 e. The molecule has 1 unspecified atom stereocenters. The molecule has 166 valence electrons. The average Bonchev–Trinajstić information content (AvgIpc) is 2.73. The lowest BCUT2D eigenvalue weighted by molar-refractivity contribution is 0.0863. The summed E-state index contributed by atoms with van der Waals surface area (Å²) in [5, 5.41) is 22.3. The van der Waals surface area contributed by atoms with Crippen molar-refractivity contribution in [2.45, 2.75) is 33.7 Å². The first-order chi connectivity index (χ1) is 14.0. The Labute approximate surface area is 174 Å². The van der Waals surface area contributed by atoms with Gasteiger partial charge in [0.2, 0.25) is 0 Å². The van der Waals surface area contributed by atoms with Crippen LogP contribution >= 0.6 is 0 Å². The molecule has 0 spiro atoms. The van der Waals surface area contributed by atoms with Crippen LogP contribution in [0.15, 0.2) is 40.5 Å². The fraction of sp³-hybridized carbons (Fsp3) is 0.667. The standard InChI is InChI=1S/C19H31FN4O3.C2H6/c1-15(4-5-20)19(21-26)17(13-25)10-24-12-18(27-14-16(24)2)11-23-8-6-22(3)7-9-23;1-2/h4,10,12,16,25-26H,5-9,11,13-14H2,1-3H3;1-2H3/b15-4+,17-10-,21-19-;. The Morgan fingerprint density at radius 2 is 1.97 bits per heavy atom. The summed E-state index contributed by atoms with van der Waals surface area (Å²) < 4.78 is 18.5. The molecule has 0 saturated carbocycles. The number of piperazine rings is 1. The first-order valence-corrected chi connectivity index (χ1v) is 10.3. The Bertz CT molecular complexity index is 611. The van der Waals surface area contributed by atoms with Gasteiger partial charge in [-0.15, -0.1) is 0 Å². The second-order valence-electron chi connectivity index (χ2n) is 7.08. The maximum atomic E-state index is 12.6. The molecule has 1 fully saturated rings. The van der Waals surface area contributed by atoms with Crippen LogP contribution in [0.3, 0.4) is 0 Å². The zero-order valence-corrected chi connectivity index (χ0v) is 18.4. The third-order valence-corrected chi connectivity index (χ3v) is 4.92. The second-order valence-corrected chi connectivity index (χ2v) is 7.08. The van der Waals surface area contributed by atoms with E-state index in [0.717, 1.165) is 38.5 Å². The first kappa shape index (κ1) is 25.1. The van der Waals surface area contributed by atoms with E-state index in [9.17, 15) is 14.7 Å². The number of rotatable bonds is 7. The topological polar surface area (TPSA) is 71.8 Å². The van der Waals surface area contributed by atoms with Gasteiger partial charge in [-0.05, 0) is 32.5 Å². The van der Waals surface area contributed by atoms with Crippen molar-refractivity contribution in [3.8, 4) is 0 Å². The van der Waals surface area contributed by atoms with Gasteiger partial charge in [0.1, 0.15) is 24.8 Å². The van der Waals surface area contributed by atoms with Gasteiger partial charge in [-0.2, -0.15) is 0 Å². The quantitative estimate of drug-likeness (QED) is 0.380. The van der Waals surface area contributed by atoms with Crippen LogP contribution in [0.5, 0.6) is 0 Å². The Balaban J connectivity index is 0.00000204. The number of hydrogen-bond donors (Lipinski definition) is 2. The third kappa shape index (κ3) is 7.79. The van der Waals surface area contributed by atoms with E-state index in [0.29, 0.717) is 17.8 Å². The normalized spacial score (nSPS) is 22.6. The molecule has 2 heterocycles. The molecular formula is C21H37FN4O3. The van der Waals surface area contributed by atoms with Crippen molar-refractivity contribution in [1.29, 1.82) is 0 Å². The molecule has 2 aliphatic rings. The second kappa shape index (κ2) is 13.3. The molecule has 0 bridgehead atoms. The van der Waals surface area contributed by atoms with Gasteiger partial charge in [0, 0.05) is 44.2 Å². The summed E-state index contributed by atoms with van der Waals surface area (Å²) in [6.45, 7) is 12.0. The summed E-state index contributed by atoms with van der Waals surface area (Å²) in [6, 6.07) is 0.0631. The van der Waals surface area contributed by atoms with Crippen molar-refractivity contribution in [3.05, 3.63) is 35.4 Å². The summed E-state index contributed by atoms with van der Waals surface area (Å²) in [4.78, 5) is 6.61. The van der Waals surface area contributed by atoms with E-state index in [1.165, 1.54) is 6.08 Å². The van der Waals surface area contributed by atoms with E-state index in [2.05, 4.69) is 22.0 Å². The monoisotopic (exact) mass is 412 g/mol. The zero-order valence-electron chi connectivity index (χ0n) is 18.4. The predicted octanol–water partition coefficient (Wildman–Crippen LogP) is 2.44. The van der Waals surface area contributed by atoms with Crippen molar-refractivity contribution >= 4 is 5.71 Å². The van der Waals surface area contributed by atoms with E-state index in [4.69, 9.17) is 4.74 Å². The number of aliphatic hydroxyl groups is 1. The fourth-order valence-corrected chi connectivity index (χ4v) is 3.09. The van der Waals surface area contributed by atoms with E-state index in [1.807, 2.05) is 31.9 Å². The van der Waals surface area contributed by atoms with Gasteiger partial charge in [0.05, 0.1) is 19.2 Å². The Hall–Kier alpha value is -1.90. The van der Waals surface area contributed by atoms with Crippen LogP contribution in [0.25, 0.3) is 0 Å². The number of oxime groups is 1. The van der Waals surface area contributed by atoms with E-state index < -0.39 is 6.67 Å². The molecule has 29 heavy (non-hydrogen) atoms. The molecular weight excluding hydrogens is 375 g/mol. The summed E-state index contributed by atoms with van der Waals surface area (Å²) in [6.07, 6.45) is 4.98. The molecule has 1 saturated heterocycles. The predicted molar refractivity (Wildman–Crippen MR) is 115 cm³/mol. The molecule has 8 heteroatoms. The molecule has 7 nitrogen and oxygen atoms in total. The van der Waals surface area contributed by atoms with Gasteiger partial charge >= 0.3 is 0 Å². The molecule has 1 atom stereocenters. The molecule has 0 amide bonds. The summed E-state index contributed by atoms with van der Waals surface area (Å²) >= 11 is 0. The van der Waals surface area contributed by atoms with Crippen LogP contribution < -0.4 is 0 Å². The summed E-state index contributed by atoms with van der Waals surface area (Å²) in [7, 11) is 2.12. The van der Waals surface area contributed by atoms with Crippen LogP contribution in [0.2, 0.25) is 0 Å². The highest BCUT2D eigenvalue weighted by atomic mass is 19.1. The number of hydrogen-bond acceptors (Lipinski definition) is 7. The lowest BCUT2D eigenvalue weighted by Gasteiger charge is -2.36. The number of likely N-dealkylation sites (N-methyl/N-ethyl adjacent to an activating group) is 1. The minimum atomic E-state index is -0.660. The van der Waals surface area contributed by atoms with Gasteiger partial charge < -0.3 is 24.9 Å². The van der Waals surface area contributed by atoms with Gasteiger partial charge in [-0.1, -0.05) is 19.0 Å². The molecule has 0 aromatic rings. The van der Waals surface area contributed by atoms with Crippen LogP contribution in [-0.4, -0.2) is 96.4 Å². The summed E-state index contributed by atoms with van der Waals surface area (Å²) in [5.74, 6) is 0.865. The van der Waals surface area contributed by atoms with Crippen molar-refractivity contribution in [1.82, 2.24) is 14.7 Å². The van der Waals surface area contributed by atoms with E-state index in [1.54, 1.807) is 13.1 Å². The van der Waals surface area contributed by atoms with Gasteiger partial charge in [0.25, 0.3) is 0 Å². The van der Waals surface area contributed by atoms with Gasteiger partial charge in [0.15, 0.2) is 0 Å². The van der Waals surface area contributed by atoms with Crippen molar-refractivity contribution in [2.24, 2.45) is 5.16 Å². The molecule has 0 aliphatic carbocycles. The first-order valence-electron chi connectivity index (χ1n) is 10.3. The number of allylic oxidation sites excluding steroid dienone is 2. The minimum Gasteiger partial charge on any atom is -0.493 e. The van der Waals surface area contributed by atoms with Crippen LogP contribution in [0, 0.1) is 0 Å². The molecule has 0 aromatic carbocycles. The SMILES string of the molecule is CC.CC(=C\CF)/C(=N/O)C(=C\N1C=C(CN2CCN(C)CC2)OCC1C)/CO. The van der Waals surface area contributed by atoms with Crippen molar-refractivity contribution in [2.75, 3.05) is 59.7 Å². The third-order valence-electron chi connectivity index (χ3n) is 4.92. The van der Waals surface area contributed by atoms with Crippen LogP contribution in [-0.2, 0) is 4.74 Å². The van der Waals surface area contributed by atoms with E-state index >= 15 is 0 Å². The number of alkyl halides is 1. The largest absolute Gasteiger partial charge is 0.493 e. The Morgan fingerprint density at radius 1 is 1.31 bits per heavy atom. The fourth-order valence-electron chi connectivity index (χ4n) is 3.09. The zero-order chi connectivity index (χ0) is 21.8. The lowest BCUT2D eigenvalue weighted by Crippen LogP contribution is -2.46. The highest BCUT2D eigenvalue weighted by molar-refractivity contribution is 6.11. The number of ether oxygens (including phenoxy) is 1. The van der Waals surface area contributed by atoms with Gasteiger partial charge in [-0.25, -0.2) is 4.39 Å². The van der Waals surface area contributed by atoms with E-state index in [-0.39, 0.29) is 18.4 Å². The Morgan fingerprint density at radius 3 is 2.52 bits per heavy atom. The highest BCUT2D eigenvalue weighted by Gasteiger charge is 2.22. The van der Waals surface area contributed by atoms with Crippen LogP contribution in [0.1, 0.15) is 27.7 Å². The molecule has 0 aromatic heterocycles. The maximum absolute atomic E-state index is 12.6. The number of halogens is 1. The van der Waals surface area contributed by atoms with Gasteiger partial charge in [-0.3, -0.25) is 4.90 Å². The molecule has 2 aliphatic heterocycles. The maximum Gasteiger partial charge on any atom is 0.126 e. The lowest BCUT2D eigenvalue weighted by atomic mass is 10.0.